The Kier molecular flexibility index (Phi) is 5.63. The third-order valence-electron chi connectivity index (χ3n) is 4.98. The number of rotatable bonds is 4. The van der Waals surface area contributed by atoms with Crippen LogP contribution in [-0.4, -0.2) is 27.2 Å². The summed E-state index contributed by atoms with van der Waals surface area (Å²) in [5, 5.41) is 0.00187. The van der Waals surface area contributed by atoms with Gasteiger partial charge in [-0.15, -0.1) is 0 Å². The SMILES string of the molecule is COC(=O)c1cc(C)nc2c1c(=O)n(Cc1ccc(F)cc1Cl)c(=O)n2-c1ccccc1. The number of pyridine rings is 1. The van der Waals surface area contributed by atoms with Crippen LogP contribution in [-0.2, 0) is 11.3 Å². The lowest BCUT2D eigenvalue weighted by Crippen LogP contribution is -2.41. The van der Waals surface area contributed by atoms with Crippen molar-refractivity contribution in [2.75, 3.05) is 7.11 Å². The van der Waals surface area contributed by atoms with Crippen LogP contribution >= 0.6 is 11.6 Å². The van der Waals surface area contributed by atoms with E-state index in [4.69, 9.17) is 16.3 Å². The fourth-order valence-corrected chi connectivity index (χ4v) is 3.73. The Bertz CT molecular complexity index is 1480. The van der Waals surface area contributed by atoms with Gasteiger partial charge in [0.05, 0.1) is 30.3 Å². The first-order valence-electron chi connectivity index (χ1n) is 9.56. The number of esters is 1. The van der Waals surface area contributed by atoms with Crippen molar-refractivity contribution in [1.29, 1.82) is 0 Å². The van der Waals surface area contributed by atoms with Crippen LogP contribution < -0.4 is 11.2 Å². The molecule has 0 bridgehead atoms. The lowest BCUT2D eigenvalue weighted by Gasteiger charge is -2.16. The van der Waals surface area contributed by atoms with Crippen LogP contribution in [0.25, 0.3) is 16.7 Å². The van der Waals surface area contributed by atoms with Gasteiger partial charge in [0.15, 0.2) is 5.65 Å². The van der Waals surface area contributed by atoms with Gasteiger partial charge in [-0.1, -0.05) is 35.9 Å². The number of benzene rings is 2. The predicted octanol–water partition coefficient (Wildman–Crippen LogP) is 3.48. The van der Waals surface area contributed by atoms with Gasteiger partial charge in [0.1, 0.15) is 5.82 Å². The molecule has 0 unspecified atom stereocenters. The third-order valence-corrected chi connectivity index (χ3v) is 5.34. The van der Waals surface area contributed by atoms with Gasteiger partial charge in [-0.25, -0.2) is 23.5 Å². The summed E-state index contributed by atoms with van der Waals surface area (Å²) >= 11 is 6.13. The van der Waals surface area contributed by atoms with E-state index < -0.39 is 23.0 Å². The topological polar surface area (TPSA) is 83.2 Å². The minimum absolute atomic E-state index is 0.0105. The van der Waals surface area contributed by atoms with Crippen LogP contribution in [0.3, 0.4) is 0 Å². The summed E-state index contributed by atoms with van der Waals surface area (Å²) in [5.41, 5.74) is -0.132. The molecular formula is C23H17ClFN3O4. The lowest BCUT2D eigenvalue weighted by atomic mass is 10.1. The minimum Gasteiger partial charge on any atom is -0.465 e. The van der Waals surface area contributed by atoms with Crippen molar-refractivity contribution in [2.24, 2.45) is 0 Å². The minimum atomic E-state index is -0.734. The van der Waals surface area contributed by atoms with Crippen molar-refractivity contribution in [2.45, 2.75) is 13.5 Å². The van der Waals surface area contributed by atoms with Crippen LogP contribution in [0, 0.1) is 12.7 Å². The summed E-state index contributed by atoms with van der Waals surface area (Å²) in [6, 6.07) is 13.7. The molecule has 2 aromatic heterocycles. The highest BCUT2D eigenvalue weighted by atomic mass is 35.5. The van der Waals surface area contributed by atoms with Gasteiger partial charge in [-0.2, -0.15) is 0 Å². The molecular weight excluding hydrogens is 437 g/mol. The molecule has 0 saturated heterocycles. The average molecular weight is 454 g/mol. The van der Waals surface area contributed by atoms with Crippen molar-refractivity contribution >= 4 is 28.6 Å². The maximum absolute atomic E-state index is 13.5. The van der Waals surface area contributed by atoms with Crippen molar-refractivity contribution in [3.63, 3.8) is 0 Å². The molecule has 0 N–H and O–H groups in total. The summed E-state index contributed by atoms with van der Waals surface area (Å²) in [7, 11) is 1.20. The zero-order valence-corrected chi connectivity index (χ0v) is 17.9. The van der Waals surface area contributed by atoms with Crippen molar-refractivity contribution < 1.29 is 13.9 Å². The molecule has 9 heteroatoms. The standard InChI is InChI=1S/C23H17ClFN3O4/c1-13-10-17(22(30)32-2)19-20(26-13)28(16-6-4-3-5-7-16)23(31)27(21(19)29)12-14-8-9-15(25)11-18(14)24/h3-11H,12H2,1-2H3. The van der Waals surface area contributed by atoms with E-state index in [1.807, 2.05) is 0 Å². The highest BCUT2D eigenvalue weighted by Gasteiger charge is 2.23. The van der Waals surface area contributed by atoms with E-state index in [1.54, 1.807) is 37.3 Å². The summed E-state index contributed by atoms with van der Waals surface area (Å²) < 4.78 is 20.5. The summed E-state index contributed by atoms with van der Waals surface area (Å²) in [5.74, 6) is -1.28. The van der Waals surface area contributed by atoms with Gasteiger partial charge in [0.25, 0.3) is 5.56 Å². The van der Waals surface area contributed by atoms with Gasteiger partial charge >= 0.3 is 11.7 Å². The van der Waals surface area contributed by atoms with Crippen molar-refractivity contribution in [1.82, 2.24) is 14.1 Å². The molecule has 0 aliphatic heterocycles. The maximum Gasteiger partial charge on any atom is 0.338 e. The summed E-state index contributed by atoms with van der Waals surface area (Å²) in [6.07, 6.45) is 0. The van der Waals surface area contributed by atoms with E-state index in [1.165, 1.54) is 29.9 Å². The molecule has 162 valence electrons. The quantitative estimate of drug-likeness (QED) is 0.442. The molecule has 0 atom stereocenters. The van der Waals surface area contributed by atoms with E-state index >= 15 is 0 Å². The number of nitrogens with zero attached hydrogens (tertiary/aromatic N) is 3. The highest BCUT2D eigenvalue weighted by molar-refractivity contribution is 6.31. The first-order valence-corrected chi connectivity index (χ1v) is 9.94. The molecule has 0 amide bonds. The highest BCUT2D eigenvalue weighted by Crippen LogP contribution is 2.20. The van der Waals surface area contributed by atoms with E-state index in [0.717, 1.165) is 10.6 Å². The van der Waals surface area contributed by atoms with Gasteiger partial charge in [-0.3, -0.25) is 9.36 Å². The number of hydrogen-bond donors (Lipinski definition) is 0. The first kappa shape index (κ1) is 21.5. The Labute approximate surface area is 186 Å². The van der Waals surface area contributed by atoms with Crippen molar-refractivity contribution in [3.8, 4) is 5.69 Å². The smallest absolute Gasteiger partial charge is 0.338 e. The second kappa shape index (κ2) is 8.39. The second-order valence-electron chi connectivity index (χ2n) is 7.08. The average Bonchev–Trinajstić information content (AvgIpc) is 2.77. The first-order chi connectivity index (χ1) is 15.3. The number of para-hydroxylation sites is 1. The Hall–Kier alpha value is -3.78. The van der Waals surface area contributed by atoms with Crippen LogP contribution in [0.4, 0.5) is 4.39 Å². The number of ether oxygens (including phenoxy) is 1. The molecule has 32 heavy (non-hydrogen) atoms. The monoisotopic (exact) mass is 453 g/mol. The number of aryl methyl sites for hydroxylation is 1. The number of carbonyl (C=O) groups is 1. The van der Waals surface area contributed by atoms with Gasteiger partial charge in [0.2, 0.25) is 0 Å². The Morgan fingerprint density at radius 3 is 2.50 bits per heavy atom. The largest absolute Gasteiger partial charge is 0.465 e. The van der Waals surface area contributed by atoms with E-state index in [2.05, 4.69) is 4.98 Å². The van der Waals surface area contributed by atoms with E-state index in [9.17, 15) is 18.8 Å². The Morgan fingerprint density at radius 2 is 1.84 bits per heavy atom. The number of fused-ring (bicyclic) bond motifs is 1. The van der Waals surface area contributed by atoms with Crippen LogP contribution in [0.5, 0.6) is 0 Å². The molecule has 0 fully saturated rings. The van der Waals surface area contributed by atoms with Crippen LogP contribution in [0.15, 0.2) is 64.2 Å². The predicted molar refractivity (Wildman–Crippen MR) is 118 cm³/mol. The number of methoxy groups -OCH3 is 1. The molecule has 0 radical (unpaired) electrons. The summed E-state index contributed by atoms with van der Waals surface area (Å²) in [6.45, 7) is 1.42. The lowest BCUT2D eigenvalue weighted by molar-refractivity contribution is 0.0602. The Balaban J connectivity index is 2.13. The van der Waals surface area contributed by atoms with Gasteiger partial charge in [-0.05, 0) is 42.8 Å². The zero-order valence-electron chi connectivity index (χ0n) is 17.1. The van der Waals surface area contributed by atoms with Crippen LogP contribution in [0.2, 0.25) is 5.02 Å². The number of hydrogen-bond acceptors (Lipinski definition) is 5. The number of halogens is 2. The molecule has 0 saturated carbocycles. The Morgan fingerprint density at radius 1 is 1.12 bits per heavy atom. The van der Waals surface area contributed by atoms with E-state index in [0.29, 0.717) is 16.9 Å². The van der Waals surface area contributed by atoms with Gasteiger partial charge in [0, 0.05) is 10.7 Å². The second-order valence-corrected chi connectivity index (χ2v) is 7.49. The molecule has 2 aromatic carbocycles. The molecule has 0 aliphatic rings. The fourth-order valence-electron chi connectivity index (χ4n) is 3.50. The molecule has 7 nitrogen and oxygen atoms in total. The summed E-state index contributed by atoms with van der Waals surface area (Å²) in [4.78, 5) is 43.8. The van der Waals surface area contributed by atoms with Gasteiger partial charge < -0.3 is 4.74 Å². The van der Waals surface area contributed by atoms with Crippen LogP contribution in [0.1, 0.15) is 21.6 Å². The zero-order chi connectivity index (χ0) is 23.0. The normalized spacial score (nSPS) is 11.0. The molecule has 2 heterocycles. The maximum atomic E-state index is 13.5. The van der Waals surface area contributed by atoms with Crippen molar-refractivity contribution in [3.05, 3.63) is 103 Å². The molecule has 4 rings (SSSR count). The molecule has 4 aromatic rings. The third kappa shape index (κ3) is 3.69. The molecule has 0 aliphatic carbocycles. The van der Waals surface area contributed by atoms with E-state index in [-0.39, 0.29) is 28.2 Å². The number of carbonyl (C=O) groups excluding carboxylic acids is 1. The number of aromatic nitrogens is 3. The molecule has 0 spiro atoms. The fraction of sp³-hybridized carbons (Fsp3) is 0.130.